The zero-order valence-corrected chi connectivity index (χ0v) is 6.22. The molecule has 0 aromatic carbocycles. The van der Waals surface area contributed by atoms with Gasteiger partial charge in [-0.2, -0.15) is 0 Å². The van der Waals surface area contributed by atoms with Crippen molar-refractivity contribution in [2.45, 2.75) is 19.4 Å². The number of quaternary nitrogens is 1. The number of piperidine rings is 1. The van der Waals surface area contributed by atoms with Crippen molar-refractivity contribution in [2.75, 3.05) is 20.1 Å². The lowest BCUT2D eigenvalue weighted by Crippen LogP contribution is -3.12. The van der Waals surface area contributed by atoms with Crippen LogP contribution in [0.3, 0.4) is 0 Å². The first-order valence-electron chi connectivity index (χ1n) is 3.68. The second-order valence-electron chi connectivity index (χ2n) is 3.36. The fraction of sp³-hybridized carbons (Fsp3) is 1.00. The molecule has 54 valence electrons. The standard InChI is InChI=1S/C7H15NO/c1-6-3-7(9)5-8(2)4-6/h6-7,9H,3-5H2,1-2H3/p+1/t6-,7+/m0/s1. The van der Waals surface area contributed by atoms with Crippen molar-refractivity contribution in [2.24, 2.45) is 5.92 Å². The van der Waals surface area contributed by atoms with Crippen LogP contribution in [0.5, 0.6) is 0 Å². The summed E-state index contributed by atoms with van der Waals surface area (Å²) in [4.78, 5) is 1.46. The summed E-state index contributed by atoms with van der Waals surface area (Å²) in [7, 11) is 2.14. The fourth-order valence-electron chi connectivity index (χ4n) is 1.71. The lowest BCUT2D eigenvalue weighted by Gasteiger charge is -2.27. The van der Waals surface area contributed by atoms with Crippen LogP contribution in [0.1, 0.15) is 13.3 Å². The summed E-state index contributed by atoms with van der Waals surface area (Å²) in [6.45, 7) is 4.35. The van der Waals surface area contributed by atoms with Crippen molar-refractivity contribution >= 4 is 0 Å². The van der Waals surface area contributed by atoms with E-state index in [4.69, 9.17) is 0 Å². The number of hydrogen-bond donors (Lipinski definition) is 2. The molecule has 0 bridgehead atoms. The quantitative estimate of drug-likeness (QED) is 0.427. The van der Waals surface area contributed by atoms with E-state index in [9.17, 15) is 5.11 Å². The molecule has 0 spiro atoms. The average Bonchev–Trinajstić information content (AvgIpc) is 1.59. The minimum atomic E-state index is -0.0475. The molecule has 2 N–H and O–H groups in total. The smallest absolute Gasteiger partial charge is 0.103 e. The van der Waals surface area contributed by atoms with Gasteiger partial charge in [-0.1, -0.05) is 6.92 Å². The number of aliphatic hydroxyl groups is 1. The molecule has 0 aromatic heterocycles. The monoisotopic (exact) mass is 130 g/mol. The van der Waals surface area contributed by atoms with Crippen LogP contribution in [0.15, 0.2) is 0 Å². The first-order chi connectivity index (χ1) is 4.18. The Morgan fingerprint density at radius 1 is 1.44 bits per heavy atom. The van der Waals surface area contributed by atoms with Gasteiger partial charge in [-0.25, -0.2) is 0 Å². The van der Waals surface area contributed by atoms with Gasteiger partial charge in [0.15, 0.2) is 0 Å². The summed E-state index contributed by atoms with van der Waals surface area (Å²) >= 11 is 0. The van der Waals surface area contributed by atoms with Gasteiger partial charge < -0.3 is 10.0 Å². The van der Waals surface area contributed by atoms with Gasteiger partial charge in [-0.3, -0.25) is 0 Å². The summed E-state index contributed by atoms with van der Waals surface area (Å²) in [5, 5.41) is 9.23. The van der Waals surface area contributed by atoms with Crippen molar-refractivity contribution in [1.29, 1.82) is 0 Å². The lowest BCUT2D eigenvalue weighted by atomic mass is 9.99. The van der Waals surface area contributed by atoms with Gasteiger partial charge in [0.05, 0.1) is 13.6 Å². The highest BCUT2D eigenvalue weighted by molar-refractivity contribution is 4.63. The molecule has 0 saturated carbocycles. The van der Waals surface area contributed by atoms with E-state index < -0.39 is 0 Å². The molecule has 0 amide bonds. The zero-order chi connectivity index (χ0) is 6.85. The third-order valence-corrected chi connectivity index (χ3v) is 1.96. The first-order valence-corrected chi connectivity index (χ1v) is 3.68. The van der Waals surface area contributed by atoms with Crippen LogP contribution in [0, 0.1) is 5.92 Å². The SMILES string of the molecule is C[C@H]1C[C@@H](O)C[NH+](C)C1. The van der Waals surface area contributed by atoms with Gasteiger partial charge in [0.25, 0.3) is 0 Å². The molecule has 1 aliphatic rings. The van der Waals surface area contributed by atoms with E-state index in [-0.39, 0.29) is 6.10 Å². The molecule has 1 heterocycles. The molecular formula is C7H16NO+. The van der Waals surface area contributed by atoms with E-state index in [1.807, 2.05) is 0 Å². The first kappa shape index (κ1) is 7.03. The predicted molar refractivity (Wildman–Crippen MR) is 36.4 cm³/mol. The molecule has 2 heteroatoms. The van der Waals surface area contributed by atoms with E-state index >= 15 is 0 Å². The number of likely N-dealkylation sites (tertiary alicyclic amines) is 1. The summed E-state index contributed by atoms with van der Waals surface area (Å²) < 4.78 is 0. The van der Waals surface area contributed by atoms with Crippen LogP contribution in [0.25, 0.3) is 0 Å². The molecule has 0 radical (unpaired) electrons. The molecule has 2 nitrogen and oxygen atoms in total. The van der Waals surface area contributed by atoms with Crippen molar-refractivity contribution in [3.8, 4) is 0 Å². The number of nitrogens with one attached hydrogen (secondary N) is 1. The molecule has 3 atom stereocenters. The minimum Gasteiger partial charge on any atom is -0.387 e. The Balaban J connectivity index is 2.34. The summed E-state index contributed by atoms with van der Waals surface area (Å²) in [6, 6.07) is 0. The maximum Gasteiger partial charge on any atom is 0.103 e. The highest BCUT2D eigenvalue weighted by atomic mass is 16.3. The molecule has 9 heavy (non-hydrogen) atoms. The van der Waals surface area contributed by atoms with Gasteiger partial charge in [0, 0.05) is 5.92 Å². The van der Waals surface area contributed by atoms with Gasteiger partial charge in [-0.05, 0) is 6.42 Å². The van der Waals surface area contributed by atoms with Gasteiger partial charge in [0.1, 0.15) is 12.6 Å². The van der Waals surface area contributed by atoms with Crippen LogP contribution >= 0.6 is 0 Å². The fourth-order valence-corrected chi connectivity index (χ4v) is 1.71. The summed E-state index contributed by atoms with van der Waals surface area (Å²) in [6.07, 6.45) is 0.950. The number of hydrogen-bond acceptors (Lipinski definition) is 1. The Morgan fingerprint density at radius 3 is 2.56 bits per heavy atom. The van der Waals surface area contributed by atoms with Gasteiger partial charge >= 0.3 is 0 Å². The molecular weight excluding hydrogens is 114 g/mol. The Morgan fingerprint density at radius 2 is 2.11 bits per heavy atom. The molecule has 1 aliphatic heterocycles. The van der Waals surface area contributed by atoms with Crippen LogP contribution in [-0.4, -0.2) is 31.3 Å². The maximum absolute atomic E-state index is 9.23. The molecule has 0 aliphatic carbocycles. The van der Waals surface area contributed by atoms with E-state index in [1.54, 1.807) is 0 Å². The highest BCUT2D eigenvalue weighted by Crippen LogP contribution is 2.05. The van der Waals surface area contributed by atoms with Crippen LogP contribution in [0.4, 0.5) is 0 Å². The Bertz CT molecular complexity index is 69.9. The lowest BCUT2D eigenvalue weighted by molar-refractivity contribution is -0.892. The van der Waals surface area contributed by atoms with Crippen molar-refractivity contribution in [3.05, 3.63) is 0 Å². The third kappa shape index (κ3) is 1.95. The molecule has 1 unspecified atom stereocenters. The van der Waals surface area contributed by atoms with Crippen molar-refractivity contribution in [1.82, 2.24) is 0 Å². The van der Waals surface area contributed by atoms with Gasteiger partial charge in [0.2, 0.25) is 0 Å². The summed E-state index contributed by atoms with van der Waals surface area (Å²) in [5.74, 6) is 0.703. The Kier molecular flexibility index (Phi) is 2.09. The average molecular weight is 130 g/mol. The van der Waals surface area contributed by atoms with E-state index in [2.05, 4.69) is 14.0 Å². The molecule has 1 saturated heterocycles. The van der Waals surface area contributed by atoms with E-state index in [1.165, 1.54) is 11.4 Å². The third-order valence-electron chi connectivity index (χ3n) is 1.96. The Labute approximate surface area is 56.5 Å². The predicted octanol–water partition coefficient (Wildman–Crippen LogP) is -1.10. The van der Waals surface area contributed by atoms with Gasteiger partial charge in [-0.15, -0.1) is 0 Å². The molecule has 1 rings (SSSR count). The summed E-state index contributed by atoms with van der Waals surface area (Å²) in [5.41, 5.74) is 0. The number of likely N-dealkylation sites (N-methyl/N-ethyl adjacent to an activating group) is 1. The minimum absolute atomic E-state index is 0.0475. The molecule has 0 aromatic rings. The normalized spacial score (nSPS) is 45.0. The van der Waals surface area contributed by atoms with Crippen LogP contribution in [-0.2, 0) is 0 Å². The number of aliphatic hydroxyl groups excluding tert-OH is 1. The second-order valence-corrected chi connectivity index (χ2v) is 3.36. The topological polar surface area (TPSA) is 24.7 Å². The zero-order valence-electron chi connectivity index (χ0n) is 6.22. The van der Waals surface area contributed by atoms with Crippen molar-refractivity contribution in [3.63, 3.8) is 0 Å². The van der Waals surface area contributed by atoms with Crippen molar-refractivity contribution < 1.29 is 10.0 Å². The van der Waals surface area contributed by atoms with E-state index in [0.29, 0.717) is 5.92 Å². The Hall–Kier alpha value is -0.0800. The molecule has 1 fully saturated rings. The van der Waals surface area contributed by atoms with E-state index in [0.717, 1.165) is 13.0 Å². The number of rotatable bonds is 0. The largest absolute Gasteiger partial charge is 0.387 e. The maximum atomic E-state index is 9.23. The van der Waals surface area contributed by atoms with Crippen LogP contribution in [0.2, 0.25) is 0 Å². The highest BCUT2D eigenvalue weighted by Gasteiger charge is 2.22. The second kappa shape index (κ2) is 2.67. The van der Waals surface area contributed by atoms with Crippen LogP contribution < -0.4 is 4.90 Å².